The number of hydrogen-bond acceptors (Lipinski definition) is 5. The number of tetrazole rings is 1. The fourth-order valence-electron chi connectivity index (χ4n) is 2.15. The number of aliphatic hydroxyl groups is 1. The SMILES string of the molecule is CC[C@H](C)[C@H](CO)NC(=O)c1cccc(-n2nnnc2C)c1. The Morgan fingerprint density at radius 1 is 1.45 bits per heavy atom. The second kappa shape index (κ2) is 7.13. The van der Waals surface area contributed by atoms with E-state index in [9.17, 15) is 9.90 Å². The Morgan fingerprint density at radius 2 is 2.23 bits per heavy atom. The lowest BCUT2D eigenvalue weighted by atomic mass is 9.99. The smallest absolute Gasteiger partial charge is 0.251 e. The first kappa shape index (κ1) is 16.1. The molecule has 0 unspecified atom stereocenters. The van der Waals surface area contributed by atoms with Gasteiger partial charge in [-0.25, -0.2) is 0 Å². The van der Waals surface area contributed by atoms with E-state index in [4.69, 9.17) is 0 Å². The maximum atomic E-state index is 12.4. The van der Waals surface area contributed by atoms with Crippen molar-refractivity contribution in [2.75, 3.05) is 6.61 Å². The van der Waals surface area contributed by atoms with Crippen molar-refractivity contribution in [3.63, 3.8) is 0 Å². The zero-order valence-corrected chi connectivity index (χ0v) is 13.0. The highest BCUT2D eigenvalue weighted by atomic mass is 16.3. The van der Waals surface area contributed by atoms with Crippen molar-refractivity contribution in [1.29, 1.82) is 0 Å². The highest BCUT2D eigenvalue weighted by molar-refractivity contribution is 5.94. The summed E-state index contributed by atoms with van der Waals surface area (Å²) in [5, 5.41) is 23.6. The number of aromatic nitrogens is 4. The minimum atomic E-state index is -0.254. The quantitative estimate of drug-likeness (QED) is 0.834. The highest BCUT2D eigenvalue weighted by Gasteiger charge is 2.18. The molecule has 7 heteroatoms. The molecule has 0 spiro atoms. The Kier molecular flexibility index (Phi) is 5.21. The highest BCUT2D eigenvalue weighted by Crippen LogP contribution is 2.12. The summed E-state index contributed by atoms with van der Waals surface area (Å²) in [6, 6.07) is 6.81. The molecule has 0 aliphatic heterocycles. The van der Waals surface area contributed by atoms with E-state index in [-0.39, 0.29) is 24.5 Å². The molecule has 0 aliphatic carbocycles. The van der Waals surface area contributed by atoms with E-state index >= 15 is 0 Å². The fourth-order valence-corrected chi connectivity index (χ4v) is 2.15. The van der Waals surface area contributed by atoms with Gasteiger partial charge in [-0.05, 0) is 41.5 Å². The van der Waals surface area contributed by atoms with Gasteiger partial charge in [0.2, 0.25) is 0 Å². The summed E-state index contributed by atoms with van der Waals surface area (Å²) in [5.41, 5.74) is 1.23. The second-order valence-electron chi connectivity index (χ2n) is 5.34. The molecule has 22 heavy (non-hydrogen) atoms. The third-order valence-electron chi connectivity index (χ3n) is 3.82. The summed E-state index contributed by atoms with van der Waals surface area (Å²) in [5.74, 6) is 0.635. The van der Waals surface area contributed by atoms with Gasteiger partial charge in [-0.1, -0.05) is 26.3 Å². The second-order valence-corrected chi connectivity index (χ2v) is 5.34. The van der Waals surface area contributed by atoms with Crippen LogP contribution in [0.15, 0.2) is 24.3 Å². The molecule has 2 atom stereocenters. The van der Waals surface area contributed by atoms with Crippen LogP contribution in [0, 0.1) is 12.8 Å². The predicted octanol–water partition coefficient (Wildman–Crippen LogP) is 1.11. The van der Waals surface area contributed by atoms with Crippen molar-refractivity contribution in [3.8, 4) is 5.69 Å². The minimum Gasteiger partial charge on any atom is -0.394 e. The summed E-state index contributed by atoms with van der Waals surface area (Å²) < 4.78 is 1.56. The van der Waals surface area contributed by atoms with E-state index in [0.717, 1.165) is 12.1 Å². The average Bonchev–Trinajstić information content (AvgIpc) is 2.97. The van der Waals surface area contributed by atoms with Gasteiger partial charge >= 0.3 is 0 Å². The third-order valence-corrected chi connectivity index (χ3v) is 3.82. The number of nitrogens with zero attached hydrogens (tertiary/aromatic N) is 4. The van der Waals surface area contributed by atoms with Crippen LogP contribution in [0.4, 0.5) is 0 Å². The standard InChI is InChI=1S/C15H21N5O2/c1-4-10(2)14(9-21)16-15(22)12-6-5-7-13(8-12)20-11(3)17-18-19-20/h5-8,10,14,21H,4,9H2,1-3H3,(H,16,22)/t10-,14-/m0/s1. The maximum Gasteiger partial charge on any atom is 0.251 e. The number of carbonyl (C=O) groups excluding carboxylic acids is 1. The van der Waals surface area contributed by atoms with Gasteiger partial charge in [0.15, 0.2) is 5.82 Å². The molecule has 0 aliphatic rings. The first-order valence-electron chi connectivity index (χ1n) is 7.34. The molecular formula is C15H21N5O2. The molecule has 2 aromatic rings. The summed E-state index contributed by atoms with van der Waals surface area (Å²) in [6.45, 7) is 5.74. The topological polar surface area (TPSA) is 92.9 Å². The van der Waals surface area contributed by atoms with Crippen LogP contribution >= 0.6 is 0 Å². The molecule has 2 rings (SSSR count). The molecule has 1 heterocycles. The van der Waals surface area contributed by atoms with Crippen LogP contribution in [0.3, 0.4) is 0 Å². The van der Waals surface area contributed by atoms with Crippen LogP contribution in [-0.4, -0.2) is 43.9 Å². The first-order chi connectivity index (χ1) is 10.6. The molecule has 118 valence electrons. The molecule has 0 radical (unpaired) electrons. The molecule has 7 nitrogen and oxygen atoms in total. The van der Waals surface area contributed by atoms with Gasteiger partial charge in [0.1, 0.15) is 0 Å². The van der Waals surface area contributed by atoms with Gasteiger partial charge in [-0.3, -0.25) is 4.79 Å². The van der Waals surface area contributed by atoms with Crippen LogP contribution in [0.25, 0.3) is 5.69 Å². The van der Waals surface area contributed by atoms with Gasteiger partial charge in [0.05, 0.1) is 18.3 Å². The van der Waals surface area contributed by atoms with E-state index in [1.807, 2.05) is 19.9 Å². The minimum absolute atomic E-state index is 0.0768. The van der Waals surface area contributed by atoms with Crippen LogP contribution < -0.4 is 5.32 Å². The zero-order chi connectivity index (χ0) is 16.1. The van der Waals surface area contributed by atoms with Crippen LogP contribution in [-0.2, 0) is 0 Å². The predicted molar refractivity (Wildman–Crippen MR) is 81.7 cm³/mol. The number of amides is 1. The summed E-state index contributed by atoms with van der Waals surface area (Å²) in [4.78, 5) is 12.4. The van der Waals surface area contributed by atoms with Crippen molar-refractivity contribution in [3.05, 3.63) is 35.7 Å². The third kappa shape index (κ3) is 3.48. The van der Waals surface area contributed by atoms with Gasteiger partial charge in [-0.2, -0.15) is 4.68 Å². The van der Waals surface area contributed by atoms with E-state index in [1.54, 1.807) is 29.8 Å². The van der Waals surface area contributed by atoms with Gasteiger partial charge in [0, 0.05) is 5.56 Å². The molecular weight excluding hydrogens is 282 g/mol. The number of benzene rings is 1. The molecule has 0 saturated heterocycles. The lowest BCUT2D eigenvalue weighted by molar-refractivity contribution is 0.0891. The van der Waals surface area contributed by atoms with E-state index in [0.29, 0.717) is 11.4 Å². The number of nitrogens with one attached hydrogen (secondary N) is 1. The Labute approximate surface area is 129 Å². The number of aryl methyl sites for hydroxylation is 1. The van der Waals surface area contributed by atoms with Gasteiger partial charge < -0.3 is 10.4 Å². The number of rotatable bonds is 6. The van der Waals surface area contributed by atoms with Crippen molar-refractivity contribution in [1.82, 2.24) is 25.5 Å². The van der Waals surface area contributed by atoms with Crippen molar-refractivity contribution in [2.45, 2.75) is 33.2 Å². The Balaban J connectivity index is 2.19. The van der Waals surface area contributed by atoms with Crippen LogP contribution in [0.2, 0.25) is 0 Å². The van der Waals surface area contributed by atoms with E-state index in [2.05, 4.69) is 20.8 Å². The fraction of sp³-hybridized carbons (Fsp3) is 0.467. The normalized spacial score (nSPS) is 13.6. The van der Waals surface area contributed by atoms with Crippen molar-refractivity contribution in [2.24, 2.45) is 5.92 Å². The van der Waals surface area contributed by atoms with Crippen LogP contribution in [0.1, 0.15) is 36.5 Å². The summed E-state index contributed by atoms with van der Waals surface area (Å²) in [6.07, 6.45) is 0.884. The van der Waals surface area contributed by atoms with Gasteiger partial charge in [0.25, 0.3) is 5.91 Å². The number of carbonyl (C=O) groups is 1. The number of aliphatic hydroxyl groups excluding tert-OH is 1. The van der Waals surface area contributed by atoms with Crippen molar-refractivity contribution >= 4 is 5.91 Å². The first-order valence-corrected chi connectivity index (χ1v) is 7.34. The Morgan fingerprint density at radius 3 is 2.82 bits per heavy atom. The zero-order valence-electron chi connectivity index (χ0n) is 13.0. The molecule has 1 amide bonds. The largest absolute Gasteiger partial charge is 0.394 e. The van der Waals surface area contributed by atoms with Crippen LogP contribution in [0.5, 0.6) is 0 Å². The lowest BCUT2D eigenvalue weighted by Crippen LogP contribution is -2.41. The molecule has 0 bridgehead atoms. The lowest BCUT2D eigenvalue weighted by Gasteiger charge is -2.22. The van der Waals surface area contributed by atoms with Gasteiger partial charge in [-0.15, -0.1) is 5.10 Å². The molecule has 2 N–H and O–H groups in total. The Hall–Kier alpha value is -2.28. The molecule has 1 aromatic carbocycles. The monoisotopic (exact) mass is 303 g/mol. The molecule has 0 fully saturated rings. The average molecular weight is 303 g/mol. The summed E-state index contributed by atoms with van der Waals surface area (Å²) in [7, 11) is 0. The van der Waals surface area contributed by atoms with Crippen molar-refractivity contribution < 1.29 is 9.90 Å². The summed E-state index contributed by atoms with van der Waals surface area (Å²) >= 11 is 0. The number of hydrogen-bond donors (Lipinski definition) is 2. The molecule has 0 saturated carbocycles. The van der Waals surface area contributed by atoms with E-state index in [1.165, 1.54) is 0 Å². The van der Waals surface area contributed by atoms with E-state index < -0.39 is 0 Å². The molecule has 1 aromatic heterocycles. The Bertz CT molecular complexity index is 640. The maximum absolute atomic E-state index is 12.4.